The molecule has 2 N–H and O–H groups in total. The summed E-state index contributed by atoms with van der Waals surface area (Å²) in [7, 11) is 0. The van der Waals surface area contributed by atoms with Gasteiger partial charge in [-0.15, -0.1) is 0 Å². The summed E-state index contributed by atoms with van der Waals surface area (Å²) in [6.45, 7) is 2.74. The quantitative estimate of drug-likeness (QED) is 0.786. The molecule has 3 rings (SSSR count). The number of fused-ring (bicyclic) bond motifs is 1. The highest BCUT2D eigenvalue weighted by Gasteiger charge is 2.22. The average Bonchev–Trinajstić information content (AvgIpc) is 3.10. The Labute approximate surface area is 99.8 Å². The number of rotatable bonds is 3. The van der Waals surface area contributed by atoms with Crippen LogP contribution in [0.2, 0.25) is 5.15 Å². The molecule has 1 aromatic heterocycles. The Kier molecular flexibility index (Phi) is 2.69. The molecule has 0 unspecified atom stereocenters. The summed E-state index contributed by atoms with van der Waals surface area (Å²) >= 11 is 6.16. The van der Waals surface area contributed by atoms with Gasteiger partial charge in [-0.25, -0.2) is 9.97 Å². The van der Waals surface area contributed by atoms with Gasteiger partial charge >= 0.3 is 0 Å². The van der Waals surface area contributed by atoms with Crippen LogP contribution in [0.5, 0.6) is 0 Å². The van der Waals surface area contributed by atoms with Gasteiger partial charge < -0.3 is 10.6 Å². The zero-order valence-corrected chi connectivity index (χ0v) is 9.85. The van der Waals surface area contributed by atoms with Crippen LogP contribution in [-0.2, 0) is 13.0 Å². The van der Waals surface area contributed by atoms with Crippen molar-refractivity contribution in [3.8, 4) is 0 Å². The van der Waals surface area contributed by atoms with E-state index in [1.807, 2.05) is 0 Å². The van der Waals surface area contributed by atoms with Gasteiger partial charge in [0.1, 0.15) is 5.15 Å². The second kappa shape index (κ2) is 4.18. The van der Waals surface area contributed by atoms with E-state index in [1.165, 1.54) is 12.8 Å². The van der Waals surface area contributed by atoms with Crippen LogP contribution in [0.25, 0.3) is 0 Å². The van der Waals surface area contributed by atoms with Gasteiger partial charge in [-0.1, -0.05) is 11.6 Å². The molecule has 4 nitrogen and oxygen atoms in total. The fraction of sp³-hybridized carbons (Fsp3) is 0.636. The third-order valence-corrected chi connectivity index (χ3v) is 3.44. The second-order valence-electron chi connectivity index (χ2n) is 4.51. The molecule has 0 aromatic carbocycles. The highest BCUT2D eigenvalue weighted by molar-refractivity contribution is 6.30. The first kappa shape index (κ1) is 10.3. The highest BCUT2D eigenvalue weighted by atomic mass is 35.5. The van der Waals surface area contributed by atoms with Gasteiger partial charge in [0, 0.05) is 18.7 Å². The van der Waals surface area contributed by atoms with Crippen LogP contribution >= 0.6 is 11.6 Å². The SMILES string of the molecule is Clc1nc(NCC2CC2)nc2c1CCNC2. The molecule has 0 bridgehead atoms. The van der Waals surface area contributed by atoms with Gasteiger partial charge in [0.05, 0.1) is 5.69 Å². The molecule has 2 heterocycles. The van der Waals surface area contributed by atoms with E-state index < -0.39 is 0 Å². The van der Waals surface area contributed by atoms with E-state index in [2.05, 4.69) is 20.6 Å². The second-order valence-corrected chi connectivity index (χ2v) is 4.87. The molecule has 0 spiro atoms. The Morgan fingerprint density at radius 3 is 3.06 bits per heavy atom. The molecule has 16 heavy (non-hydrogen) atoms. The minimum Gasteiger partial charge on any atom is -0.354 e. The van der Waals surface area contributed by atoms with Crippen LogP contribution in [0.4, 0.5) is 5.95 Å². The van der Waals surface area contributed by atoms with E-state index in [1.54, 1.807) is 0 Å². The van der Waals surface area contributed by atoms with Crippen molar-refractivity contribution in [2.45, 2.75) is 25.8 Å². The van der Waals surface area contributed by atoms with Crippen molar-refractivity contribution in [2.24, 2.45) is 5.92 Å². The Balaban J connectivity index is 1.80. The maximum Gasteiger partial charge on any atom is 0.224 e. The lowest BCUT2D eigenvalue weighted by atomic mass is 10.1. The van der Waals surface area contributed by atoms with E-state index >= 15 is 0 Å². The highest BCUT2D eigenvalue weighted by Crippen LogP contribution is 2.29. The summed E-state index contributed by atoms with van der Waals surface area (Å²) in [6, 6.07) is 0. The van der Waals surface area contributed by atoms with Crippen molar-refractivity contribution in [3.05, 3.63) is 16.4 Å². The van der Waals surface area contributed by atoms with Crippen molar-refractivity contribution in [1.29, 1.82) is 0 Å². The molecule has 1 aliphatic carbocycles. The predicted molar refractivity (Wildman–Crippen MR) is 63.7 cm³/mol. The van der Waals surface area contributed by atoms with Crippen molar-refractivity contribution >= 4 is 17.5 Å². The van der Waals surface area contributed by atoms with E-state index in [9.17, 15) is 0 Å². The fourth-order valence-electron chi connectivity index (χ4n) is 1.95. The monoisotopic (exact) mass is 238 g/mol. The summed E-state index contributed by atoms with van der Waals surface area (Å²) in [6.07, 6.45) is 3.58. The largest absolute Gasteiger partial charge is 0.354 e. The molecule has 1 fully saturated rings. The van der Waals surface area contributed by atoms with Crippen molar-refractivity contribution < 1.29 is 0 Å². The third kappa shape index (κ3) is 2.13. The molecular formula is C11H15ClN4. The Bertz CT molecular complexity index is 403. The van der Waals surface area contributed by atoms with E-state index in [0.717, 1.165) is 43.2 Å². The minimum absolute atomic E-state index is 0.616. The molecule has 1 aromatic rings. The molecule has 0 atom stereocenters. The summed E-state index contributed by atoms with van der Waals surface area (Å²) in [5.41, 5.74) is 2.15. The van der Waals surface area contributed by atoms with Gasteiger partial charge in [-0.3, -0.25) is 0 Å². The number of nitrogens with one attached hydrogen (secondary N) is 2. The number of anilines is 1. The Morgan fingerprint density at radius 2 is 2.25 bits per heavy atom. The average molecular weight is 239 g/mol. The number of nitrogens with zero attached hydrogens (tertiary/aromatic N) is 2. The van der Waals surface area contributed by atoms with Crippen molar-refractivity contribution in [2.75, 3.05) is 18.4 Å². The standard InChI is InChI=1S/C11H15ClN4/c12-10-8-3-4-13-6-9(8)15-11(16-10)14-5-7-1-2-7/h7,13H,1-6H2,(H,14,15,16). The molecule has 0 amide bonds. The van der Waals surface area contributed by atoms with E-state index in [0.29, 0.717) is 11.1 Å². The van der Waals surface area contributed by atoms with Crippen LogP contribution in [-0.4, -0.2) is 23.1 Å². The summed E-state index contributed by atoms with van der Waals surface area (Å²) in [5, 5.41) is 7.17. The molecule has 0 radical (unpaired) electrons. The van der Waals surface area contributed by atoms with Crippen LogP contribution < -0.4 is 10.6 Å². The van der Waals surface area contributed by atoms with Crippen LogP contribution in [0.1, 0.15) is 24.1 Å². The van der Waals surface area contributed by atoms with Gasteiger partial charge in [0.2, 0.25) is 5.95 Å². The molecule has 1 aliphatic heterocycles. The smallest absolute Gasteiger partial charge is 0.224 e. The summed E-state index contributed by atoms with van der Waals surface area (Å²) < 4.78 is 0. The normalized spacial score (nSPS) is 19.3. The van der Waals surface area contributed by atoms with Crippen molar-refractivity contribution in [3.63, 3.8) is 0 Å². The third-order valence-electron chi connectivity index (χ3n) is 3.13. The van der Waals surface area contributed by atoms with Gasteiger partial charge in [0.25, 0.3) is 0 Å². The number of halogens is 1. The number of aromatic nitrogens is 2. The molecule has 5 heteroatoms. The number of hydrogen-bond acceptors (Lipinski definition) is 4. The first-order valence-electron chi connectivity index (χ1n) is 5.83. The van der Waals surface area contributed by atoms with Crippen LogP contribution in [0.3, 0.4) is 0 Å². The molecule has 1 saturated carbocycles. The zero-order chi connectivity index (χ0) is 11.0. The predicted octanol–water partition coefficient (Wildman–Crippen LogP) is 1.60. The first-order chi connectivity index (χ1) is 7.83. The number of hydrogen-bond donors (Lipinski definition) is 2. The molecular weight excluding hydrogens is 224 g/mol. The minimum atomic E-state index is 0.616. The lowest BCUT2D eigenvalue weighted by molar-refractivity contribution is 0.623. The van der Waals surface area contributed by atoms with Gasteiger partial charge in [-0.2, -0.15) is 0 Å². The van der Waals surface area contributed by atoms with Gasteiger partial charge in [0.15, 0.2) is 0 Å². The summed E-state index contributed by atoms with van der Waals surface area (Å²) in [5.74, 6) is 1.50. The zero-order valence-electron chi connectivity index (χ0n) is 9.09. The van der Waals surface area contributed by atoms with Crippen molar-refractivity contribution in [1.82, 2.24) is 15.3 Å². The maximum absolute atomic E-state index is 6.16. The fourth-order valence-corrected chi connectivity index (χ4v) is 2.23. The van der Waals surface area contributed by atoms with E-state index in [4.69, 9.17) is 11.6 Å². The molecule has 0 saturated heterocycles. The lowest BCUT2D eigenvalue weighted by Crippen LogP contribution is -2.26. The summed E-state index contributed by atoms with van der Waals surface area (Å²) in [4.78, 5) is 8.81. The van der Waals surface area contributed by atoms with Crippen LogP contribution in [0.15, 0.2) is 0 Å². The Morgan fingerprint density at radius 1 is 1.38 bits per heavy atom. The van der Waals surface area contributed by atoms with Gasteiger partial charge in [-0.05, 0) is 31.7 Å². The topological polar surface area (TPSA) is 49.8 Å². The molecule has 2 aliphatic rings. The maximum atomic E-state index is 6.16. The van der Waals surface area contributed by atoms with E-state index in [-0.39, 0.29) is 0 Å². The van der Waals surface area contributed by atoms with Crippen LogP contribution in [0, 0.1) is 5.92 Å². The Hall–Kier alpha value is -0.870. The lowest BCUT2D eigenvalue weighted by Gasteiger charge is -2.17. The molecule has 86 valence electrons. The first-order valence-corrected chi connectivity index (χ1v) is 6.20.